The van der Waals surface area contributed by atoms with E-state index in [9.17, 15) is 0 Å². The summed E-state index contributed by atoms with van der Waals surface area (Å²) in [6, 6.07) is 8.34. The van der Waals surface area contributed by atoms with Crippen LogP contribution in [0.25, 0.3) is 0 Å². The number of ether oxygens (including phenoxy) is 2. The molecule has 0 aliphatic carbocycles. The first-order valence-corrected chi connectivity index (χ1v) is 9.04. The molecule has 2 N–H and O–H groups in total. The molecule has 1 unspecified atom stereocenters. The number of hydrogen-bond donors (Lipinski definition) is 2. The number of halogens is 1. The Kier molecular flexibility index (Phi) is 12.9. The normalized spacial score (nSPS) is 13.1. The summed E-state index contributed by atoms with van der Waals surface area (Å²) < 4.78 is 11.3. The minimum atomic E-state index is 0. The van der Waals surface area contributed by atoms with Gasteiger partial charge in [0.25, 0.3) is 0 Å². The van der Waals surface area contributed by atoms with Crippen molar-refractivity contribution >= 4 is 29.9 Å². The lowest BCUT2D eigenvalue weighted by molar-refractivity contribution is 0.0205. The van der Waals surface area contributed by atoms with Crippen LogP contribution in [0.15, 0.2) is 29.3 Å². The lowest BCUT2D eigenvalue weighted by Crippen LogP contribution is -2.45. The molecule has 0 aromatic heterocycles. The molecule has 1 aromatic carbocycles. The first kappa shape index (κ1) is 25.1. The summed E-state index contributed by atoms with van der Waals surface area (Å²) in [6.07, 6.45) is 1.14. The zero-order valence-electron chi connectivity index (χ0n) is 17.1. The highest BCUT2D eigenvalue weighted by Gasteiger charge is 2.24. The topological polar surface area (TPSA) is 54.9 Å². The van der Waals surface area contributed by atoms with Gasteiger partial charge in [-0.15, -0.1) is 24.0 Å². The number of aliphatic imine (C=N–C) groups is 1. The minimum Gasteiger partial charge on any atom is -0.379 e. The SMILES string of the molecule is CCCOCc1ccccc1CNC(=NC)NCC(OC)C(C)(C)C.I. The van der Waals surface area contributed by atoms with Gasteiger partial charge in [0.05, 0.1) is 12.7 Å². The van der Waals surface area contributed by atoms with E-state index in [4.69, 9.17) is 9.47 Å². The van der Waals surface area contributed by atoms with Crippen molar-refractivity contribution < 1.29 is 9.47 Å². The Balaban J connectivity index is 0.00000625. The van der Waals surface area contributed by atoms with E-state index in [0.717, 1.165) is 19.0 Å². The summed E-state index contributed by atoms with van der Waals surface area (Å²) in [5, 5.41) is 6.73. The average Bonchev–Trinajstić information content (AvgIpc) is 2.58. The largest absolute Gasteiger partial charge is 0.379 e. The highest BCUT2D eigenvalue weighted by atomic mass is 127. The number of methoxy groups -OCH3 is 1. The van der Waals surface area contributed by atoms with E-state index in [0.29, 0.717) is 19.7 Å². The third-order valence-corrected chi connectivity index (χ3v) is 4.10. The fourth-order valence-corrected chi connectivity index (χ4v) is 2.53. The molecule has 0 amide bonds. The molecule has 0 spiro atoms. The van der Waals surface area contributed by atoms with E-state index in [1.807, 2.05) is 6.07 Å². The smallest absolute Gasteiger partial charge is 0.191 e. The average molecular weight is 477 g/mol. The van der Waals surface area contributed by atoms with Crippen LogP contribution < -0.4 is 10.6 Å². The lowest BCUT2D eigenvalue weighted by Gasteiger charge is -2.30. The molecule has 1 rings (SSSR count). The van der Waals surface area contributed by atoms with Gasteiger partial charge in [0.15, 0.2) is 5.96 Å². The van der Waals surface area contributed by atoms with Crippen molar-refractivity contribution in [3.8, 4) is 0 Å². The molecule has 0 radical (unpaired) electrons. The Bertz CT molecular complexity index is 530. The van der Waals surface area contributed by atoms with Crippen LogP contribution in [0.2, 0.25) is 0 Å². The van der Waals surface area contributed by atoms with Crippen LogP contribution in [0.5, 0.6) is 0 Å². The Labute approximate surface area is 176 Å². The number of benzene rings is 1. The van der Waals surface area contributed by atoms with E-state index in [1.54, 1.807) is 14.2 Å². The zero-order chi connectivity index (χ0) is 18.7. The van der Waals surface area contributed by atoms with E-state index in [2.05, 4.69) is 61.5 Å². The molecule has 0 bridgehead atoms. The third-order valence-electron chi connectivity index (χ3n) is 4.10. The van der Waals surface area contributed by atoms with Gasteiger partial charge in [0, 0.05) is 33.9 Å². The molecule has 0 heterocycles. The summed E-state index contributed by atoms with van der Waals surface area (Å²) in [5.41, 5.74) is 2.51. The van der Waals surface area contributed by atoms with Crippen molar-refractivity contribution in [2.45, 2.75) is 53.4 Å². The third kappa shape index (κ3) is 9.19. The lowest BCUT2D eigenvalue weighted by atomic mass is 9.89. The van der Waals surface area contributed by atoms with Crippen LogP contribution in [-0.2, 0) is 22.6 Å². The van der Waals surface area contributed by atoms with Gasteiger partial charge in [-0.05, 0) is 23.0 Å². The quantitative estimate of drug-likeness (QED) is 0.245. The monoisotopic (exact) mass is 477 g/mol. The van der Waals surface area contributed by atoms with Gasteiger partial charge in [-0.1, -0.05) is 52.0 Å². The number of rotatable bonds is 9. The maximum absolute atomic E-state index is 5.68. The highest BCUT2D eigenvalue weighted by molar-refractivity contribution is 14.0. The molecular weight excluding hydrogens is 441 g/mol. The highest BCUT2D eigenvalue weighted by Crippen LogP contribution is 2.20. The molecule has 1 aromatic rings. The van der Waals surface area contributed by atoms with E-state index >= 15 is 0 Å². The van der Waals surface area contributed by atoms with Crippen LogP contribution in [0.3, 0.4) is 0 Å². The standard InChI is InChI=1S/C20H35N3O2.HI/c1-7-12-25-15-17-11-9-8-10-16(17)13-22-19(21-5)23-14-18(24-6)20(2,3)4;/h8-11,18H,7,12-15H2,1-6H3,(H2,21,22,23);1H. The summed E-state index contributed by atoms with van der Waals surface area (Å²) in [5.74, 6) is 0.774. The van der Waals surface area contributed by atoms with Gasteiger partial charge >= 0.3 is 0 Å². The van der Waals surface area contributed by atoms with Gasteiger partial charge in [0.1, 0.15) is 0 Å². The second-order valence-corrected chi connectivity index (χ2v) is 7.22. The van der Waals surface area contributed by atoms with Crippen molar-refractivity contribution in [3.63, 3.8) is 0 Å². The predicted octanol–water partition coefficient (Wildman–Crippen LogP) is 3.96. The molecular formula is C20H36IN3O2. The first-order chi connectivity index (χ1) is 11.9. The second-order valence-electron chi connectivity index (χ2n) is 7.22. The Morgan fingerprint density at radius 3 is 2.35 bits per heavy atom. The fraction of sp³-hybridized carbons (Fsp3) is 0.650. The first-order valence-electron chi connectivity index (χ1n) is 9.04. The van der Waals surface area contributed by atoms with E-state index < -0.39 is 0 Å². The zero-order valence-corrected chi connectivity index (χ0v) is 19.4. The molecule has 0 fully saturated rings. The molecule has 0 aliphatic heterocycles. The summed E-state index contributed by atoms with van der Waals surface area (Å²) in [4.78, 5) is 4.30. The van der Waals surface area contributed by atoms with Crippen LogP contribution in [0.1, 0.15) is 45.2 Å². The molecule has 0 saturated heterocycles. The molecule has 0 aliphatic rings. The van der Waals surface area contributed by atoms with Gasteiger partial charge in [-0.25, -0.2) is 0 Å². The number of hydrogen-bond acceptors (Lipinski definition) is 3. The van der Waals surface area contributed by atoms with Crippen LogP contribution in [0, 0.1) is 5.41 Å². The Morgan fingerprint density at radius 1 is 1.15 bits per heavy atom. The second kappa shape index (κ2) is 13.3. The molecule has 5 nitrogen and oxygen atoms in total. The van der Waals surface area contributed by atoms with Crippen molar-refractivity contribution in [1.29, 1.82) is 0 Å². The van der Waals surface area contributed by atoms with Gasteiger partial charge in [-0.2, -0.15) is 0 Å². The van der Waals surface area contributed by atoms with Crippen LogP contribution >= 0.6 is 24.0 Å². The van der Waals surface area contributed by atoms with Crippen molar-refractivity contribution in [2.75, 3.05) is 27.3 Å². The minimum absolute atomic E-state index is 0. The molecule has 1 atom stereocenters. The number of nitrogens with zero attached hydrogens (tertiary/aromatic N) is 1. The van der Waals surface area contributed by atoms with Gasteiger partial charge in [0.2, 0.25) is 0 Å². The van der Waals surface area contributed by atoms with Crippen LogP contribution in [0.4, 0.5) is 0 Å². The van der Waals surface area contributed by atoms with Crippen LogP contribution in [-0.4, -0.2) is 39.4 Å². The Morgan fingerprint density at radius 2 is 1.81 bits per heavy atom. The molecule has 150 valence electrons. The number of nitrogens with one attached hydrogen (secondary N) is 2. The summed E-state index contributed by atoms with van der Waals surface area (Å²) >= 11 is 0. The van der Waals surface area contributed by atoms with Gasteiger partial charge < -0.3 is 20.1 Å². The van der Waals surface area contributed by atoms with Crippen molar-refractivity contribution in [3.05, 3.63) is 35.4 Å². The summed E-state index contributed by atoms with van der Waals surface area (Å²) in [7, 11) is 3.53. The predicted molar refractivity (Wildman–Crippen MR) is 120 cm³/mol. The van der Waals surface area contributed by atoms with Gasteiger partial charge in [-0.3, -0.25) is 4.99 Å². The maximum Gasteiger partial charge on any atom is 0.191 e. The van der Waals surface area contributed by atoms with E-state index in [-0.39, 0.29) is 35.5 Å². The number of guanidine groups is 1. The van der Waals surface area contributed by atoms with E-state index in [1.165, 1.54) is 11.1 Å². The van der Waals surface area contributed by atoms with Crippen molar-refractivity contribution in [2.24, 2.45) is 10.4 Å². The maximum atomic E-state index is 5.68. The molecule has 6 heteroatoms. The molecule has 0 saturated carbocycles. The Hall–Kier alpha value is -0.860. The molecule has 26 heavy (non-hydrogen) atoms. The fourth-order valence-electron chi connectivity index (χ4n) is 2.53. The summed E-state index contributed by atoms with van der Waals surface area (Å²) in [6.45, 7) is 11.5. The van der Waals surface area contributed by atoms with Crippen molar-refractivity contribution in [1.82, 2.24) is 10.6 Å².